The molecule has 0 aromatic heterocycles. The number of hydrogen-bond acceptors (Lipinski definition) is 3. The number of esters is 1. The Labute approximate surface area is 134 Å². The van der Waals surface area contributed by atoms with Gasteiger partial charge in [-0.2, -0.15) is 0 Å². The average Bonchev–Trinajstić information content (AvgIpc) is 2.55. The van der Waals surface area contributed by atoms with Gasteiger partial charge in [-0.05, 0) is 31.2 Å². The highest BCUT2D eigenvalue weighted by Gasteiger charge is 2.23. The van der Waals surface area contributed by atoms with E-state index in [1.165, 1.54) is 12.1 Å². The summed E-state index contributed by atoms with van der Waals surface area (Å²) >= 11 is 0. The molecule has 0 radical (unpaired) electrons. The van der Waals surface area contributed by atoms with Crippen molar-refractivity contribution in [3.63, 3.8) is 0 Å². The van der Waals surface area contributed by atoms with Crippen LogP contribution in [0.1, 0.15) is 17.3 Å². The normalized spacial score (nSPS) is 11.7. The van der Waals surface area contributed by atoms with Gasteiger partial charge in [0.15, 0.2) is 23.6 Å². The first-order valence-electron chi connectivity index (χ1n) is 6.71. The third-order valence-electron chi connectivity index (χ3n) is 3.04. The second-order valence-corrected chi connectivity index (χ2v) is 4.74. The van der Waals surface area contributed by atoms with Crippen LogP contribution in [-0.4, -0.2) is 18.0 Å². The van der Waals surface area contributed by atoms with Gasteiger partial charge in [-0.15, -0.1) is 0 Å². The number of nitrogens with one attached hydrogen (secondary N) is 1. The van der Waals surface area contributed by atoms with Gasteiger partial charge in [0, 0.05) is 0 Å². The van der Waals surface area contributed by atoms with E-state index in [4.69, 9.17) is 4.74 Å². The minimum atomic E-state index is -1.75. The van der Waals surface area contributed by atoms with E-state index in [9.17, 15) is 27.2 Å². The summed E-state index contributed by atoms with van der Waals surface area (Å²) in [4.78, 5) is 23.6. The lowest BCUT2D eigenvalue weighted by Crippen LogP contribution is -2.30. The summed E-state index contributed by atoms with van der Waals surface area (Å²) in [6.07, 6.45) is -1.43. The summed E-state index contributed by atoms with van der Waals surface area (Å²) in [6, 6.07) is 6.42. The third kappa shape index (κ3) is 3.70. The predicted octanol–water partition coefficient (Wildman–Crippen LogP) is 3.43. The molecule has 1 N–H and O–H groups in total. The van der Waals surface area contributed by atoms with Gasteiger partial charge in [-0.1, -0.05) is 12.1 Å². The van der Waals surface area contributed by atoms with Gasteiger partial charge in [0.05, 0.1) is 11.3 Å². The molecule has 0 spiro atoms. The van der Waals surface area contributed by atoms with Gasteiger partial charge in [-0.3, -0.25) is 4.79 Å². The molecule has 2 aromatic rings. The number of rotatable bonds is 4. The SMILES string of the molecule is C[C@@H](OC(=O)c1ccccc1F)C(=O)Nc1ccc(F)c(F)c1F. The molecule has 0 bridgehead atoms. The van der Waals surface area contributed by atoms with Crippen LogP contribution in [0.4, 0.5) is 23.2 Å². The molecule has 0 heterocycles. The van der Waals surface area contributed by atoms with Crippen molar-refractivity contribution in [2.45, 2.75) is 13.0 Å². The molecule has 126 valence electrons. The highest BCUT2D eigenvalue weighted by Crippen LogP contribution is 2.20. The number of carbonyl (C=O) groups excluding carboxylic acids is 2. The molecule has 0 fully saturated rings. The van der Waals surface area contributed by atoms with Crippen LogP contribution in [0.2, 0.25) is 0 Å². The Morgan fingerprint density at radius 2 is 1.62 bits per heavy atom. The molecule has 0 unspecified atom stereocenters. The molecule has 1 atom stereocenters. The van der Waals surface area contributed by atoms with E-state index in [0.717, 1.165) is 25.1 Å². The molecule has 0 saturated carbocycles. The Kier molecular flexibility index (Phi) is 5.18. The number of anilines is 1. The van der Waals surface area contributed by atoms with Crippen molar-refractivity contribution in [2.24, 2.45) is 0 Å². The summed E-state index contributed by atoms with van der Waals surface area (Å²) in [5.41, 5.74) is -0.996. The average molecular weight is 341 g/mol. The molecule has 0 aliphatic rings. The second-order valence-electron chi connectivity index (χ2n) is 4.74. The van der Waals surface area contributed by atoms with E-state index in [-0.39, 0.29) is 5.56 Å². The monoisotopic (exact) mass is 341 g/mol. The van der Waals surface area contributed by atoms with E-state index in [0.29, 0.717) is 6.07 Å². The largest absolute Gasteiger partial charge is 0.449 e. The van der Waals surface area contributed by atoms with Crippen LogP contribution in [0.3, 0.4) is 0 Å². The molecule has 0 aliphatic carbocycles. The van der Waals surface area contributed by atoms with Crippen molar-refractivity contribution in [1.29, 1.82) is 0 Å². The highest BCUT2D eigenvalue weighted by atomic mass is 19.2. The Hall–Kier alpha value is -2.90. The molecule has 2 aromatic carbocycles. The molecular formula is C16H11F4NO3. The molecular weight excluding hydrogens is 330 g/mol. The van der Waals surface area contributed by atoms with E-state index in [1.807, 2.05) is 5.32 Å². The highest BCUT2D eigenvalue weighted by molar-refractivity contribution is 5.97. The zero-order valence-corrected chi connectivity index (χ0v) is 12.3. The predicted molar refractivity (Wildman–Crippen MR) is 76.2 cm³/mol. The van der Waals surface area contributed by atoms with E-state index < -0.39 is 46.9 Å². The fourth-order valence-electron chi connectivity index (χ4n) is 1.76. The Morgan fingerprint density at radius 1 is 0.958 bits per heavy atom. The molecule has 4 nitrogen and oxygen atoms in total. The summed E-state index contributed by atoms with van der Waals surface area (Å²) in [7, 11) is 0. The van der Waals surface area contributed by atoms with Crippen LogP contribution in [-0.2, 0) is 9.53 Å². The van der Waals surface area contributed by atoms with Crippen LogP contribution in [0, 0.1) is 23.3 Å². The summed E-state index contributed by atoms with van der Waals surface area (Å²) < 4.78 is 57.6. The fourth-order valence-corrected chi connectivity index (χ4v) is 1.76. The van der Waals surface area contributed by atoms with Crippen molar-refractivity contribution >= 4 is 17.6 Å². The van der Waals surface area contributed by atoms with Gasteiger partial charge in [0.25, 0.3) is 5.91 Å². The van der Waals surface area contributed by atoms with Crippen LogP contribution in [0.5, 0.6) is 0 Å². The maximum atomic E-state index is 13.5. The smallest absolute Gasteiger partial charge is 0.341 e. The zero-order chi connectivity index (χ0) is 17.9. The van der Waals surface area contributed by atoms with Gasteiger partial charge < -0.3 is 10.1 Å². The molecule has 24 heavy (non-hydrogen) atoms. The Balaban J connectivity index is 2.07. The van der Waals surface area contributed by atoms with Gasteiger partial charge >= 0.3 is 5.97 Å². The van der Waals surface area contributed by atoms with E-state index in [1.54, 1.807) is 0 Å². The van der Waals surface area contributed by atoms with Crippen LogP contribution in [0.15, 0.2) is 36.4 Å². The maximum absolute atomic E-state index is 13.5. The maximum Gasteiger partial charge on any atom is 0.341 e. The number of amides is 1. The standard InChI is InChI=1S/C16H11F4NO3/c1-8(24-16(23)9-4-2-3-5-10(9)17)15(22)21-12-7-6-11(18)13(19)14(12)20/h2-8H,1H3,(H,21,22)/t8-/m1/s1. The first-order valence-corrected chi connectivity index (χ1v) is 6.71. The van der Waals surface area contributed by atoms with Crippen molar-refractivity contribution in [3.8, 4) is 0 Å². The minimum Gasteiger partial charge on any atom is -0.449 e. The molecule has 8 heteroatoms. The summed E-state index contributed by atoms with van der Waals surface area (Å²) in [5, 5.41) is 1.96. The van der Waals surface area contributed by atoms with Crippen LogP contribution in [0.25, 0.3) is 0 Å². The molecule has 2 rings (SSSR count). The number of halogens is 4. The molecule has 1 amide bonds. The van der Waals surface area contributed by atoms with Gasteiger partial charge in [0.1, 0.15) is 5.82 Å². The lowest BCUT2D eigenvalue weighted by atomic mass is 10.2. The van der Waals surface area contributed by atoms with Crippen molar-refractivity contribution < 1.29 is 31.9 Å². The van der Waals surface area contributed by atoms with Gasteiger partial charge in [0.2, 0.25) is 0 Å². The summed E-state index contributed by atoms with van der Waals surface area (Å²) in [5.74, 6) is -7.67. The van der Waals surface area contributed by atoms with Gasteiger partial charge in [-0.25, -0.2) is 22.4 Å². The Morgan fingerprint density at radius 3 is 2.29 bits per heavy atom. The number of benzene rings is 2. The topological polar surface area (TPSA) is 55.4 Å². The quantitative estimate of drug-likeness (QED) is 0.527. The van der Waals surface area contributed by atoms with Crippen LogP contribution >= 0.6 is 0 Å². The molecule has 0 aliphatic heterocycles. The number of carbonyl (C=O) groups is 2. The summed E-state index contributed by atoms with van der Waals surface area (Å²) in [6.45, 7) is 1.16. The van der Waals surface area contributed by atoms with Crippen molar-refractivity contribution in [2.75, 3.05) is 5.32 Å². The number of hydrogen-bond donors (Lipinski definition) is 1. The zero-order valence-electron chi connectivity index (χ0n) is 12.3. The van der Waals surface area contributed by atoms with Crippen LogP contribution < -0.4 is 5.32 Å². The second kappa shape index (κ2) is 7.12. The molecule has 0 saturated heterocycles. The number of ether oxygens (including phenoxy) is 1. The lowest BCUT2D eigenvalue weighted by molar-refractivity contribution is -0.123. The van der Waals surface area contributed by atoms with E-state index in [2.05, 4.69) is 0 Å². The van der Waals surface area contributed by atoms with Crippen molar-refractivity contribution in [1.82, 2.24) is 0 Å². The Bertz CT molecular complexity index is 795. The minimum absolute atomic E-state index is 0.379. The third-order valence-corrected chi connectivity index (χ3v) is 3.04. The van der Waals surface area contributed by atoms with Crippen molar-refractivity contribution in [3.05, 3.63) is 65.2 Å². The first kappa shape index (κ1) is 17.5. The lowest BCUT2D eigenvalue weighted by Gasteiger charge is -2.14. The fraction of sp³-hybridized carbons (Fsp3) is 0.125. The van der Waals surface area contributed by atoms with E-state index >= 15 is 0 Å². The first-order chi connectivity index (χ1) is 11.3.